The fourth-order valence-electron chi connectivity index (χ4n) is 3.65. The Kier molecular flexibility index (Phi) is 8.00. The van der Waals surface area contributed by atoms with Gasteiger partial charge in [0.1, 0.15) is 0 Å². The predicted molar refractivity (Wildman–Crippen MR) is 117 cm³/mol. The lowest BCUT2D eigenvalue weighted by Crippen LogP contribution is -2.41. The lowest BCUT2D eigenvalue weighted by atomic mass is 10.1. The van der Waals surface area contributed by atoms with Crippen molar-refractivity contribution in [1.82, 2.24) is 15.1 Å². The molecule has 140 valence electrons. The molecule has 3 rings (SSSR count). The van der Waals surface area contributed by atoms with E-state index in [1.165, 1.54) is 43.5 Å². The third-order valence-corrected chi connectivity index (χ3v) is 5.35. The van der Waals surface area contributed by atoms with Gasteiger partial charge >= 0.3 is 0 Å². The van der Waals surface area contributed by atoms with E-state index in [1.54, 1.807) is 0 Å². The molecule has 4 nitrogen and oxygen atoms in total. The van der Waals surface area contributed by atoms with Crippen molar-refractivity contribution in [2.24, 2.45) is 10.9 Å². The minimum atomic E-state index is 0. The molecule has 1 saturated carbocycles. The summed E-state index contributed by atoms with van der Waals surface area (Å²) in [6.45, 7) is 6.67. The van der Waals surface area contributed by atoms with Gasteiger partial charge in [0, 0.05) is 39.8 Å². The van der Waals surface area contributed by atoms with Crippen molar-refractivity contribution < 1.29 is 0 Å². The van der Waals surface area contributed by atoms with E-state index in [4.69, 9.17) is 0 Å². The average Bonchev–Trinajstić information content (AvgIpc) is 3.35. The summed E-state index contributed by atoms with van der Waals surface area (Å²) in [6.07, 6.45) is 5.25. The molecule has 2 aliphatic rings. The molecule has 5 heteroatoms. The fraction of sp³-hybridized carbons (Fsp3) is 0.650. The van der Waals surface area contributed by atoms with Gasteiger partial charge in [-0.2, -0.15) is 0 Å². The Balaban J connectivity index is 0.00000225. The summed E-state index contributed by atoms with van der Waals surface area (Å²) in [5.74, 6) is 1.76. The Labute approximate surface area is 170 Å². The van der Waals surface area contributed by atoms with E-state index in [0.29, 0.717) is 0 Å². The molecule has 1 aromatic rings. The van der Waals surface area contributed by atoms with Crippen molar-refractivity contribution in [3.8, 4) is 0 Å². The van der Waals surface area contributed by atoms with E-state index >= 15 is 0 Å². The van der Waals surface area contributed by atoms with E-state index in [1.807, 2.05) is 7.05 Å². The molecule has 1 heterocycles. The average molecular weight is 456 g/mol. The monoisotopic (exact) mass is 456 g/mol. The number of rotatable bonds is 6. The number of halogens is 1. The summed E-state index contributed by atoms with van der Waals surface area (Å²) in [4.78, 5) is 9.35. The van der Waals surface area contributed by atoms with Crippen LogP contribution in [0.25, 0.3) is 0 Å². The van der Waals surface area contributed by atoms with Crippen molar-refractivity contribution in [2.45, 2.75) is 45.2 Å². The Morgan fingerprint density at radius 2 is 1.88 bits per heavy atom. The zero-order valence-corrected chi connectivity index (χ0v) is 18.2. The normalized spacial score (nSPS) is 21.1. The van der Waals surface area contributed by atoms with Crippen molar-refractivity contribution >= 4 is 29.9 Å². The van der Waals surface area contributed by atoms with Crippen LogP contribution in [0.3, 0.4) is 0 Å². The SMILES string of the molecule is CCc1ccc(CN(C)C(=NC)NCC2CCN(C3CC3)C2)cc1.I. The summed E-state index contributed by atoms with van der Waals surface area (Å²) in [6, 6.07) is 9.82. The van der Waals surface area contributed by atoms with Crippen LogP contribution >= 0.6 is 24.0 Å². The van der Waals surface area contributed by atoms with Gasteiger partial charge in [-0.05, 0) is 49.3 Å². The van der Waals surface area contributed by atoms with Gasteiger partial charge in [-0.15, -0.1) is 24.0 Å². The van der Waals surface area contributed by atoms with Gasteiger partial charge in [0.15, 0.2) is 5.96 Å². The van der Waals surface area contributed by atoms with E-state index in [9.17, 15) is 0 Å². The number of nitrogens with zero attached hydrogens (tertiary/aromatic N) is 3. The minimum absolute atomic E-state index is 0. The molecule has 1 aliphatic heterocycles. The van der Waals surface area contributed by atoms with Crippen molar-refractivity contribution in [3.63, 3.8) is 0 Å². The van der Waals surface area contributed by atoms with Crippen molar-refractivity contribution in [1.29, 1.82) is 0 Å². The van der Waals surface area contributed by atoms with Crippen LogP contribution in [-0.4, -0.2) is 55.5 Å². The molecule has 1 aromatic carbocycles. The number of aliphatic imine (C=N–C) groups is 1. The second kappa shape index (κ2) is 9.76. The van der Waals surface area contributed by atoms with Crippen LogP contribution in [-0.2, 0) is 13.0 Å². The molecule has 0 amide bonds. The van der Waals surface area contributed by atoms with Gasteiger partial charge in [0.05, 0.1) is 0 Å². The first-order valence-electron chi connectivity index (χ1n) is 9.43. The summed E-state index contributed by atoms with van der Waals surface area (Å²) < 4.78 is 0. The molecular formula is C20H33IN4. The second-order valence-corrected chi connectivity index (χ2v) is 7.34. The highest BCUT2D eigenvalue weighted by atomic mass is 127. The van der Waals surface area contributed by atoms with Crippen LogP contribution in [0.15, 0.2) is 29.3 Å². The number of guanidine groups is 1. The standard InChI is InChI=1S/C20H32N4.HI/c1-4-16-5-7-17(8-6-16)14-23(3)20(21-2)22-13-18-11-12-24(15-18)19-9-10-19;/h5-8,18-19H,4,9-15H2,1-3H3,(H,21,22);1H. The van der Waals surface area contributed by atoms with Gasteiger partial charge in [0.25, 0.3) is 0 Å². The Hall–Kier alpha value is -0.820. The first-order valence-corrected chi connectivity index (χ1v) is 9.43. The molecule has 2 fully saturated rings. The third kappa shape index (κ3) is 5.84. The topological polar surface area (TPSA) is 30.9 Å². The summed E-state index contributed by atoms with van der Waals surface area (Å²) in [7, 11) is 4.00. The van der Waals surface area contributed by atoms with E-state index < -0.39 is 0 Å². The van der Waals surface area contributed by atoms with Crippen molar-refractivity contribution in [2.75, 3.05) is 33.7 Å². The number of hydrogen-bond donors (Lipinski definition) is 1. The van der Waals surface area contributed by atoms with Gasteiger partial charge in [0.2, 0.25) is 0 Å². The molecular weight excluding hydrogens is 423 g/mol. The van der Waals surface area contributed by atoms with E-state index in [-0.39, 0.29) is 24.0 Å². The number of hydrogen-bond acceptors (Lipinski definition) is 2. The number of nitrogens with one attached hydrogen (secondary N) is 1. The minimum Gasteiger partial charge on any atom is -0.356 e. The van der Waals surface area contributed by atoms with Gasteiger partial charge < -0.3 is 15.1 Å². The molecule has 1 aliphatic carbocycles. The molecule has 0 spiro atoms. The van der Waals surface area contributed by atoms with Crippen LogP contribution in [0.2, 0.25) is 0 Å². The number of aryl methyl sites for hydroxylation is 1. The predicted octanol–water partition coefficient (Wildman–Crippen LogP) is 3.36. The first kappa shape index (κ1) is 20.5. The maximum Gasteiger partial charge on any atom is 0.193 e. The molecule has 0 aromatic heterocycles. The van der Waals surface area contributed by atoms with Crippen molar-refractivity contribution in [3.05, 3.63) is 35.4 Å². The molecule has 0 radical (unpaired) electrons. The highest BCUT2D eigenvalue weighted by molar-refractivity contribution is 14.0. The van der Waals surface area contributed by atoms with Crippen LogP contribution in [0.4, 0.5) is 0 Å². The smallest absolute Gasteiger partial charge is 0.193 e. The Morgan fingerprint density at radius 3 is 2.48 bits per heavy atom. The van der Waals surface area contributed by atoms with E-state index in [0.717, 1.165) is 37.4 Å². The third-order valence-electron chi connectivity index (χ3n) is 5.35. The highest BCUT2D eigenvalue weighted by Crippen LogP contribution is 2.31. The Morgan fingerprint density at radius 1 is 1.20 bits per heavy atom. The summed E-state index contributed by atoms with van der Waals surface area (Å²) in [5, 5.41) is 3.58. The summed E-state index contributed by atoms with van der Waals surface area (Å²) >= 11 is 0. The molecule has 0 bridgehead atoms. The Bertz CT molecular complexity index is 553. The molecule has 1 unspecified atom stereocenters. The number of benzene rings is 1. The summed E-state index contributed by atoms with van der Waals surface area (Å²) in [5.41, 5.74) is 2.73. The van der Waals surface area contributed by atoms with Gasteiger partial charge in [-0.25, -0.2) is 0 Å². The molecule has 1 N–H and O–H groups in total. The zero-order valence-electron chi connectivity index (χ0n) is 15.9. The largest absolute Gasteiger partial charge is 0.356 e. The first-order chi connectivity index (χ1) is 11.7. The lowest BCUT2D eigenvalue weighted by Gasteiger charge is -2.24. The molecule has 1 saturated heterocycles. The van der Waals surface area contributed by atoms with Gasteiger partial charge in [-0.1, -0.05) is 31.2 Å². The maximum absolute atomic E-state index is 4.46. The molecule has 25 heavy (non-hydrogen) atoms. The van der Waals surface area contributed by atoms with Crippen LogP contribution in [0, 0.1) is 5.92 Å². The fourth-order valence-corrected chi connectivity index (χ4v) is 3.65. The quantitative estimate of drug-likeness (QED) is 0.405. The number of likely N-dealkylation sites (tertiary alicyclic amines) is 1. The van der Waals surface area contributed by atoms with Gasteiger partial charge in [-0.3, -0.25) is 4.99 Å². The van der Waals surface area contributed by atoms with Crippen LogP contribution < -0.4 is 5.32 Å². The van der Waals surface area contributed by atoms with Crippen LogP contribution in [0.5, 0.6) is 0 Å². The second-order valence-electron chi connectivity index (χ2n) is 7.34. The lowest BCUT2D eigenvalue weighted by molar-refractivity contribution is 0.313. The highest BCUT2D eigenvalue weighted by Gasteiger charge is 2.34. The molecule has 1 atom stereocenters. The van der Waals surface area contributed by atoms with Crippen LogP contribution in [0.1, 0.15) is 37.3 Å². The maximum atomic E-state index is 4.46. The van der Waals surface area contributed by atoms with E-state index in [2.05, 4.69) is 58.3 Å². The zero-order chi connectivity index (χ0) is 16.9.